The van der Waals surface area contributed by atoms with Crippen LogP contribution >= 0.6 is 0 Å². The van der Waals surface area contributed by atoms with Gasteiger partial charge < -0.3 is 4.74 Å². The van der Waals surface area contributed by atoms with Crippen LogP contribution < -0.4 is 0 Å². The van der Waals surface area contributed by atoms with E-state index in [1.54, 1.807) is 0 Å². The molecular formula is C12H24F3NO3S. The smallest absolute Gasteiger partial charge is 0.352 e. The quantitative estimate of drug-likeness (QED) is 0.748. The molecule has 122 valence electrons. The number of rotatable bonds is 4. The van der Waals surface area contributed by atoms with Crippen LogP contribution in [0.5, 0.6) is 0 Å². The average Bonchev–Trinajstić information content (AvgIpc) is 2.16. The van der Waals surface area contributed by atoms with Gasteiger partial charge in [0.2, 0.25) is 10.0 Å². The molecule has 4 nitrogen and oxygen atoms in total. The second-order valence-corrected chi connectivity index (χ2v) is 8.00. The lowest BCUT2D eigenvalue weighted by Crippen LogP contribution is -2.50. The van der Waals surface area contributed by atoms with Gasteiger partial charge in [-0.1, -0.05) is 20.8 Å². The van der Waals surface area contributed by atoms with Crippen molar-refractivity contribution in [2.24, 2.45) is 5.41 Å². The molecule has 0 fully saturated rings. The predicted octanol–water partition coefficient (Wildman–Crippen LogP) is 3.00. The van der Waals surface area contributed by atoms with E-state index in [2.05, 4.69) is 0 Å². The Kier molecular flexibility index (Phi) is 4.24. The summed E-state index contributed by atoms with van der Waals surface area (Å²) < 4.78 is 90.0. The summed E-state index contributed by atoms with van der Waals surface area (Å²) in [7, 11) is -4.84. The monoisotopic (exact) mass is 322 g/mol. The van der Waals surface area contributed by atoms with Crippen LogP contribution in [0.3, 0.4) is 0 Å². The van der Waals surface area contributed by atoms with E-state index in [4.69, 9.17) is 8.85 Å². The molecule has 0 aliphatic carbocycles. The van der Waals surface area contributed by atoms with Crippen molar-refractivity contribution in [2.75, 3.05) is 12.9 Å². The Morgan fingerprint density at radius 1 is 1.15 bits per heavy atom. The fourth-order valence-corrected chi connectivity index (χ4v) is 2.52. The van der Waals surface area contributed by atoms with E-state index < -0.39 is 46.2 Å². The SMILES string of the molecule is [2H]C([2H])([2H])S(=O)(=O)N(COC(C(C)(C)C)C(F)(F)F)C(C)(C)C. The molecule has 8 heteroatoms. The van der Waals surface area contributed by atoms with E-state index in [1.165, 1.54) is 41.5 Å². The van der Waals surface area contributed by atoms with Crippen molar-refractivity contribution in [1.29, 1.82) is 0 Å². The van der Waals surface area contributed by atoms with E-state index in [0.717, 1.165) is 0 Å². The maximum atomic E-state index is 13.1. The molecule has 0 N–H and O–H groups in total. The van der Waals surface area contributed by atoms with Gasteiger partial charge in [-0.3, -0.25) is 0 Å². The normalized spacial score (nSPS) is 19.4. The fraction of sp³-hybridized carbons (Fsp3) is 1.00. The Labute approximate surface area is 123 Å². The lowest BCUT2D eigenvalue weighted by atomic mass is 9.88. The zero-order chi connectivity index (χ0) is 19.1. The number of hydrogen-bond donors (Lipinski definition) is 0. The number of alkyl halides is 3. The van der Waals surface area contributed by atoms with Crippen LogP contribution in [0.15, 0.2) is 0 Å². The Morgan fingerprint density at radius 3 is 1.85 bits per heavy atom. The number of halogens is 3. The summed E-state index contributed by atoms with van der Waals surface area (Å²) in [5.74, 6) is 0. The topological polar surface area (TPSA) is 46.6 Å². The van der Waals surface area contributed by atoms with Crippen molar-refractivity contribution >= 4 is 10.0 Å². The summed E-state index contributed by atoms with van der Waals surface area (Å²) >= 11 is 0. The van der Waals surface area contributed by atoms with Gasteiger partial charge >= 0.3 is 6.18 Å². The van der Waals surface area contributed by atoms with Crippen molar-refractivity contribution in [1.82, 2.24) is 4.31 Å². The molecule has 0 saturated heterocycles. The average molecular weight is 322 g/mol. The first-order valence-electron chi connectivity index (χ1n) is 7.43. The molecule has 0 rings (SSSR count). The molecule has 0 aromatic rings. The van der Waals surface area contributed by atoms with E-state index in [1.807, 2.05) is 0 Å². The first kappa shape index (κ1) is 14.6. The first-order chi connectivity index (χ1) is 9.72. The second kappa shape index (κ2) is 5.81. The van der Waals surface area contributed by atoms with Gasteiger partial charge in [-0.2, -0.15) is 17.5 Å². The lowest BCUT2D eigenvalue weighted by molar-refractivity contribution is -0.256. The minimum absolute atomic E-state index is 0.428. The van der Waals surface area contributed by atoms with E-state index in [-0.39, 0.29) is 0 Å². The molecule has 0 aromatic carbocycles. The van der Waals surface area contributed by atoms with E-state index >= 15 is 0 Å². The highest BCUT2D eigenvalue weighted by atomic mass is 32.2. The first-order valence-corrected chi connectivity index (χ1v) is 7.37. The van der Waals surface area contributed by atoms with Crippen molar-refractivity contribution in [3.05, 3.63) is 0 Å². The summed E-state index contributed by atoms with van der Waals surface area (Å²) in [5.41, 5.74) is -2.60. The van der Waals surface area contributed by atoms with Crippen molar-refractivity contribution in [3.8, 4) is 0 Å². The molecule has 0 radical (unpaired) electrons. The van der Waals surface area contributed by atoms with Gasteiger partial charge in [0.15, 0.2) is 6.10 Å². The van der Waals surface area contributed by atoms with Gasteiger partial charge in [0.25, 0.3) is 0 Å². The number of hydrogen-bond acceptors (Lipinski definition) is 3. The molecule has 0 spiro atoms. The number of sulfonamides is 1. The van der Waals surface area contributed by atoms with Crippen molar-refractivity contribution in [2.45, 2.75) is 59.4 Å². The van der Waals surface area contributed by atoms with Crippen LogP contribution in [0.2, 0.25) is 0 Å². The molecule has 0 aliphatic heterocycles. The molecule has 0 saturated carbocycles. The summed E-state index contributed by atoms with van der Waals surface area (Å²) in [4.78, 5) is 0. The Balaban J connectivity index is 5.63. The van der Waals surface area contributed by atoms with Crippen molar-refractivity contribution in [3.63, 3.8) is 0 Å². The Hall–Kier alpha value is -0.340. The zero-order valence-electron chi connectivity index (χ0n) is 15.5. The third kappa shape index (κ3) is 5.97. The maximum absolute atomic E-state index is 13.1. The van der Waals surface area contributed by atoms with Gasteiger partial charge in [0.1, 0.15) is 6.73 Å². The van der Waals surface area contributed by atoms with Gasteiger partial charge in [-0.15, -0.1) is 0 Å². The zero-order valence-corrected chi connectivity index (χ0v) is 13.3. The highest BCUT2D eigenvalue weighted by Gasteiger charge is 2.48. The minimum Gasteiger partial charge on any atom is -0.352 e. The fourth-order valence-electron chi connectivity index (χ4n) is 1.60. The van der Waals surface area contributed by atoms with Crippen LogP contribution in [-0.4, -0.2) is 43.5 Å². The second-order valence-electron chi connectivity index (χ2n) is 6.61. The van der Waals surface area contributed by atoms with E-state index in [0.29, 0.717) is 4.31 Å². The van der Waals surface area contributed by atoms with Gasteiger partial charge in [-0.25, -0.2) is 8.42 Å². The van der Waals surface area contributed by atoms with Crippen LogP contribution in [0.4, 0.5) is 13.2 Å². The third-order valence-electron chi connectivity index (χ3n) is 2.48. The van der Waals surface area contributed by atoms with Crippen molar-refractivity contribution < 1.29 is 30.4 Å². The standard InChI is InChI=1S/C12H24F3NO3S/c1-10(2,3)9(12(13,14)15)19-8-16(11(4,5)6)20(7,17)18/h9H,8H2,1-7H3/i7D3. The largest absolute Gasteiger partial charge is 0.415 e. The van der Waals surface area contributed by atoms with Crippen LogP contribution in [-0.2, 0) is 14.8 Å². The molecule has 20 heavy (non-hydrogen) atoms. The van der Waals surface area contributed by atoms with Gasteiger partial charge in [-0.05, 0) is 26.2 Å². The third-order valence-corrected chi connectivity index (χ3v) is 3.71. The molecule has 1 atom stereocenters. The predicted molar refractivity (Wildman–Crippen MR) is 71.7 cm³/mol. The van der Waals surface area contributed by atoms with Crippen LogP contribution in [0.1, 0.15) is 45.7 Å². The Bertz CT molecular complexity index is 491. The summed E-state index contributed by atoms with van der Waals surface area (Å²) in [6.07, 6.45) is -10.4. The molecule has 0 aromatic heterocycles. The number of nitrogens with zero attached hydrogens (tertiary/aromatic N) is 1. The molecule has 0 amide bonds. The summed E-state index contributed by atoms with van der Waals surface area (Å²) in [6, 6.07) is 0. The van der Waals surface area contributed by atoms with Crippen LogP contribution in [0.25, 0.3) is 0 Å². The highest BCUT2D eigenvalue weighted by Crippen LogP contribution is 2.36. The summed E-state index contributed by atoms with van der Waals surface area (Å²) in [5, 5.41) is 0. The van der Waals surface area contributed by atoms with Gasteiger partial charge in [0, 0.05) is 9.65 Å². The molecule has 0 bridgehead atoms. The highest BCUT2D eigenvalue weighted by molar-refractivity contribution is 7.88. The molecule has 0 heterocycles. The minimum atomic E-state index is -4.84. The van der Waals surface area contributed by atoms with Gasteiger partial charge in [0.05, 0.1) is 6.18 Å². The summed E-state index contributed by atoms with van der Waals surface area (Å²) in [6.45, 7) is 7.00. The Morgan fingerprint density at radius 2 is 1.60 bits per heavy atom. The molecule has 1 unspecified atom stereocenters. The number of ether oxygens (including phenoxy) is 1. The van der Waals surface area contributed by atoms with E-state index in [9.17, 15) is 21.6 Å². The molecule has 0 aliphatic rings. The lowest BCUT2D eigenvalue weighted by Gasteiger charge is -2.37. The maximum Gasteiger partial charge on any atom is 0.415 e. The molecular weight excluding hydrogens is 295 g/mol. The van der Waals surface area contributed by atoms with Crippen LogP contribution in [0, 0.1) is 5.41 Å².